The molecule has 0 bridgehead atoms. The van der Waals surface area contributed by atoms with Gasteiger partial charge < -0.3 is 10.1 Å². The highest BCUT2D eigenvalue weighted by molar-refractivity contribution is 5.76. The van der Waals surface area contributed by atoms with Crippen molar-refractivity contribution in [3.05, 3.63) is 29.8 Å². The zero-order chi connectivity index (χ0) is 14.3. The fraction of sp³-hybridized carbons (Fsp3) is 0.562. The second kappa shape index (κ2) is 7.82. The minimum atomic E-state index is 0.106. The summed E-state index contributed by atoms with van der Waals surface area (Å²) < 4.78 is 5.61. The molecular weight excluding hydrogens is 238 g/mol. The molecule has 0 spiro atoms. The smallest absolute Gasteiger partial charge is 0.220 e. The van der Waals surface area contributed by atoms with Gasteiger partial charge in [-0.15, -0.1) is 0 Å². The molecular formula is C16H25NO2. The maximum Gasteiger partial charge on any atom is 0.220 e. The quantitative estimate of drug-likeness (QED) is 0.766. The molecule has 0 aliphatic rings. The number of hydrogen-bond donors (Lipinski definition) is 1. The average molecular weight is 263 g/mol. The van der Waals surface area contributed by atoms with Crippen LogP contribution in [0.2, 0.25) is 0 Å². The van der Waals surface area contributed by atoms with Crippen LogP contribution in [0.25, 0.3) is 0 Å². The normalized spacial score (nSPS) is 12.3. The lowest BCUT2D eigenvalue weighted by Gasteiger charge is -2.17. The highest BCUT2D eigenvalue weighted by atomic mass is 16.5. The highest BCUT2D eigenvalue weighted by Crippen LogP contribution is 2.12. The van der Waals surface area contributed by atoms with Gasteiger partial charge in [0.2, 0.25) is 5.91 Å². The van der Waals surface area contributed by atoms with Crippen LogP contribution in [-0.2, 0) is 4.79 Å². The molecule has 1 aromatic rings. The molecule has 1 amide bonds. The Hall–Kier alpha value is -1.51. The van der Waals surface area contributed by atoms with Crippen LogP contribution in [-0.4, -0.2) is 18.6 Å². The van der Waals surface area contributed by atoms with Crippen LogP contribution in [0.4, 0.5) is 0 Å². The van der Waals surface area contributed by atoms with Crippen LogP contribution >= 0.6 is 0 Å². The molecule has 0 saturated carbocycles. The van der Waals surface area contributed by atoms with Gasteiger partial charge in [-0.05, 0) is 43.9 Å². The standard InChI is InChI=1S/C16H25NO2/c1-12(2)14(4)17-16(18)9-6-10-19-15-8-5-7-13(3)11-15/h5,7-8,11-12,14H,6,9-10H2,1-4H3,(H,17,18). The third-order valence-electron chi connectivity index (χ3n) is 3.20. The van der Waals surface area contributed by atoms with Crippen molar-refractivity contribution >= 4 is 5.91 Å². The molecule has 0 fully saturated rings. The van der Waals surface area contributed by atoms with Gasteiger partial charge in [-0.25, -0.2) is 0 Å². The number of amides is 1. The number of aryl methyl sites for hydroxylation is 1. The van der Waals surface area contributed by atoms with Gasteiger partial charge in [0.15, 0.2) is 0 Å². The van der Waals surface area contributed by atoms with Crippen molar-refractivity contribution in [3.8, 4) is 5.75 Å². The van der Waals surface area contributed by atoms with Gasteiger partial charge in [0.1, 0.15) is 5.75 Å². The molecule has 0 aliphatic heterocycles. The van der Waals surface area contributed by atoms with E-state index in [0.717, 1.165) is 12.2 Å². The molecule has 0 aliphatic carbocycles. The van der Waals surface area contributed by atoms with Crippen LogP contribution in [0, 0.1) is 12.8 Å². The van der Waals surface area contributed by atoms with Crippen molar-refractivity contribution in [3.63, 3.8) is 0 Å². The molecule has 0 radical (unpaired) electrons. The molecule has 1 aromatic carbocycles. The summed E-state index contributed by atoms with van der Waals surface area (Å²) in [6, 6.07) is 8.18. The second-order valence-electron chi connectivity index (χ2n) is 5.37. The molecule has 0 heterocycles. The van der Waals surface area contributed by atoms with Crippen molar-refractivity contribution in [1.82, 2.24) is 5.32 Å². The Kier molecular flexibility index (Phi) is 6.40. The van der Waals surface area contributed by atoms with Gasteiger partial charge in [0.05, 0.1) is 6.61 Å². The minimum Gasteiger partial charge on any atom is -0.494 e. The van der Waals surface area contributed by atoms with E-state index < -0.39 is 0 Å². The predicted octanol–water partition coefficient (Wildman–Crippen LogP) is 3.31. The molecule has 106 valence electrons. The van der Waals surface area contributed by atoms with E-state index in [9.17, 15) is 4.79 Å². The summed E-state index contributed by atoms with van der Waals surface area (Å²) in [6.45, 7) is 8.85. The third-order valence-corrected chi connectivity index (χ3v) is 3.20. The van der Waals surface area contributed by atoms with Gasteiger partial charge in [0, 0.05) is 12.5 Å². The van der Waals surface area contributed by atoms with E-state index >= 15 is 0 Å². The van der Waals surface area contributed by atoms with E-state index in [1.165, 1.54) is 5.56 Å². The SMILES string of the molecule is Cc1cccc(OCCCC(=O)NC(C)C(C)C)c1. The van der Waals surface area contributed by atoms with Gasteiger partial charge in [-0.2, -0.15) is 0 Å². The number of benzene rings is 1. The zero-order valence-corrected chi connectivity index (χ0v) is 12.4. The number of hydrogen-bond acceptors (Lipinski definition) is 2. The zero-order valence-electron chi connectivity index (χ0n) is 12.4. The Bertz CT molecular complexity index is 401. The van der Waals surface area contributed by atoms with Gasteiger partial charge in [-0.1, -0.05) is 26.0 Å². The first-order chi connectivity index (χ1) is 8.99. The molecule has 1 unspecified atom stereocenters. The number of nitrogens with one attached hydrogen (secondary N) is 1. The van der Waals surface area contributed by atoms with Crippen molar-refractivity contribution in [2.24, 2.45) is 5.92 Å². The summed E-state index contributed by atoms with van der Waals surface area (Å²) >= 11 is 0. The van der Waals surface area contributed by atoms with Crippen molar-refractivity contribution < 1.29 is 9.53 Å². The third kappa shape index (κ3) is 6.27. The van der Waals surface area contributed by atoms with Crippen molar-refractivity contribution in [2.75, 3.05) is 6.61 Å². The molecule has 1 atom stereocenters. The largest absolute Gasteiger partial charge is 0.494 e. The van der Waals surface area contributed by atoms with Gasteiger partial charge in [0.25, 0.3) is 0 Å². The average Bonchev–Trinajstić information content (AvgIpc) is 2.34. The van der Waals surface area contributed by atoms with Gasteiger partial charge >= 0.3 is 0 Å². The fourth-order valence-corrected chi connectivity index (χ4v) is 1.62. The first-order valence-corrected chi connectivity index (χ1v) is 6.98. The number of rotatable bonds is 7. The fourth-order valence-electron chi connectivity index (χ4n) is 1.62. The van der Waals surface area contributed by atoms with Crippen molar-refractivity contribution in [2.45, 2.75) is 46.6 Å². The highest BCUT2D eigenvalue weighted by Gasteiger charge is 2.10. The van der Waals surface area contributed by atoms with Crippen LogP contribution in [0.3, 0.4) is 0 Å². The number of ether oxygens (including phenoxy) is 1. The molecule has 3 nitrogen and oxygen atoms in total. The summed E-state index contributed by atoms with van der Waals surface area (Å²) in [5.74, 6) is 1.44. The second-order valence-corrected chi connectivity index (χ2v) is 5.37. The summed E-state index contributed by atoms with van der Waals surface area (Å²) in [7, 11) is 0. The number of carbonyl (C=O) groups excluding carboxylic acids is 1. The molecule has 0 saturated heterocycles. The monoisotopic (exact) mass is 263 g/mol. The van der Waals surface area contributed by atoms with Crippen LogP contribution in [0.15, 0.2) is 24.3 Å². The van der Waals surface area contributed by atoms with Crippen LogP contribution in [0.5, 0.6) is 5.75 Å². The maximum atomic E-state index is 11.7. The lowest BCUT2D eigenvalue weighted by atomic mass is 10.1. The van der Waals surface area contributed by atoms with Gasteiger partial charge in [-0.3, -0.25) is 4.79 Å². The Morgan fingerprint density at radius 2 is 2.05 bits per heavy atom. The van der Waals surface area contributed by atoms with Crippen LogP contribution in [0.1, 0.15) is 39.2 Å². The lowest BCUT2D eigenvalue weighted by molar-refractivity contribution is -0.122. The molecule has 1 N–H and O–H groups in total. The Labute approximate surface area is 116 Å². The summed E-state index contributed by atoms with van der Waals surface area (Å²) in [5, 5.41) is 2.99. The first kappa shape index (κ1) is 15.5. The maximum absolute atomic E-state index is 11.7. The molecule has 3 heteroatoms. The summed E-state index contributed by atoms with van der Waals surface area (Å²) in [6.07, 6.45) is 1.26. The van der Waals surface area contributed by atoms with E-state index in [0.29, 0.717) is 18.9 Å². The molecule has 0 aromatic heterocycles. The van der Waals surface area contributed by atoms with E-state index in [2.05, 4.69) is 19.2 Å². The Morgan fingerprint density at radius 3 is 2.68 bits per heavy atom. The van der Waals surface area contributed by atoms with E-state index in [1.54, 1.807) is 0 Å². The number of carbonyl (C=O) groups is 1. The van der Waals surface area contributed by atoms with E-state index in [4.69, 9.17) is 4.74 Å². The summed E-state index contributed by atoms with van der Waals surface area (Å²) in [5.41, 5.74) is 1.18. The minimum absolute atomic E-state index is 0.106. The topological polar surface area (TPSA) is 38.3 Å². The Balaban J connectivity index is 2.19. The molecule has 19 heavy (non-hydrogen) atoms. The Morgan fingerprint density at radius 1 is 1.32 bits per heavy atom. The molecule has 1 rings (SSSR count). The van der Waals surface area contributed by atoms with E-state index in [1.807, 2.05) is 38.1 Å². The summed E-state index contributed by atoms with van der Waals surface area (Å²) in [4.78, 5) is 11.7. The first-order valence-electron chi connectivity index (χ1n) is 6.98. The lowest BCUT2D eigenvalue weighted by Crippen LogP contribution is -2.36. The van der Waals surface area contributed by atoms with Crippen LogP contribution < -0.4 is 10.1 Å². The predicted molar refractivity (Wildman–Crippen MR) is 78.4 cm³/mol. The van der Waals surface area contributed by atoms with E-state index in [-0.39, 0.29) is 11.9 Å². The van der Waals surface area contributed by atoms with Crippen molar-refractivity contribution in [1.29, 1.82) is 0 Å².